The van der Waals surface area contributed by atoms with E-state index < -0.39 is 17.2 Å². The van der Waals surface area contributed by atoms with Crippen LogP contribution in [-0.4, -0.2) is 49.2 Å². The van der Waals surface area contributed by atoms with Crippen LogP contribution >= 0.6 is 0 Å². The average Bonchev–Trinajstić information content (AvgIpc) is 2.54. The number of amides is 2. The minimum absolute atomic E-state index is 0.0308. The Kier molecular flexibility index (Phi) is 8.21. The van der Waals surface area contributed by atoms with Gasteiger partial charge in [0.1, 0.15) is 11.4 Å². The van der Waals surface area contributed by atoms with Crippen molar-refractivity contribution in [1.82, 2.24) is 16.0 Å². The zero-order valence-corrected chi connectivity index (χ0v) is 17.3. The smallest absolute Gasteiger partial charge is 0.408 e. The van der Waals surface area contributed by atoms with Gasteiger partial charge in [0.05, 0.1) is 12.1 Å². The zero-order chi connectivity index (χ0) is 21.4. The number of rotatable bonds is 6. The van der Waals surface area contributed by atoms with Crippen LogP contribution in [-0.2, 0) is 9.53 Å². The van der Waals surface area contributed by atoms with Crippen molar-refractivity contribution in [2.24, 2.45) is 4.99 Å². The predicted molar refractivity (Wildman–Crippen MR) is 108 cm³/mol. The highest BCUT2D eigenvalue weighted by molar-refractivity contribution is 5.94. The van der Waals surface area contributed by atoms with Gasteiger partial charge in [-0.2, -0.15) is 0 Å². The quantitative estimate of drug-likeness (QED) is 0.437. The molecule has 0 aliphatic heterocycles. The van der Waals surface area contributed by atoms with E-state index in [4.69, 9.17) is 4.74 Å². The molecule has 0 heterocycles. The molecule has 0 bridgehead atoms. The Hall–Kier alpha value is -2.84. The minimum atomic E-state index is -0.615. The highest BCUT2D eigenvalue weighted by Crippen LogP contribution is 2.09. The van der Waals surface area contributed by atoms with Crippen LogP contribution in [0.3, 0.4) is 0 Å². The summed E-state index contributed by atoms with van der Waals surface area (Å²) >= 11 is 0. The average molecular weight is 395 g/mol. The van der Waals surface area contributed by atoms with Crippen molar-refractivity contribution in [3.8, 4) is 0 Å². The van der Waals surface area contributed by atoms with Gasteiger partial charge in [0.25, 0.3) is 0 Å². The number of ether oxygens (including phenoxy) is 1. The summed E-state index contributed by atoms with van der Waals surface area (Å²) in [4.78, 5) is 27.9. The van der Waals surface area contributed by atoms with E-state index in [0.29, 0.717) is 18.2 Å². The molecule has 0 aliphatic rings. The lowest BCUT2D eigenvalue weighted by molar-refractivity contribution is -0.115. The first-order valence-corrected chi connectivity index (χ1v) is 8.91. The Labute approximate surface area is 165 Å². The molecule has 1 rings (SSSR count). The van der Waals surface area contributed by atoms with Gasteiger partial charge in [-0.3, -0.25) is 9.79 Å². The Balaban J connectivity index is 2.43. The lowest BCUT2D eigenvalue weighted by Gasteiger charge is -2.29. The normalized spacial score (nSPS) is 12.2. The molecule has 4 N–H and O–H groups in total. The number of aliphatic imine (C=N–C) groups is 1. The first kappa shape index (κ1) is 23.2. The maximum Gasteiger partial charge on any atom is 0.408 e. The molecule has 0 atom stereocenters. The van der Waals surface area contributed by atoms with E-state index in [1.165, 1.54) is 24.3 Å². The SMILES string of the molecule is CN=C(NCC(=O)Nc1ccc(F)cc1)NCC(C)(C)NC(=O)OC(C)(C)C. The zero-order valence-electron chi connectivity index (χ0n) is 17.3. The number of nitrogens with zero attached hydrogens (tertiary/aromatic N) is 1. The number of benzene rings is 1. The second-order valence-corrected chi connectivity index (χ2v) is 7.85. The molecule has 0 spiro atoms. The van der Waals surface area contributed by atoms with Crippen molar-refractivity contribution in [1.29, 1.82) is 0 Å². The number of carbonyl (C=O) groups is 2. The van der Waals surface area contributed by atoms with Crippen LogP contribution in [0.25, 0.3) is 0 Å². The Morgan fingerprint density at radius 1 is 1.07 bits per heavy atom. The van der Waals surface area contributed by atoms with Gasteiger partial charge >= 0.3 is 6.09 Å². The second-order valence-electron chi connectivity index (χ2n) is 7.85. The number of nitrogens with one attached hydrogen (secondary N) is 4. The van der Waals surface area contributed by atoms with Gasteiger partial charge in [0, 0.05) is 19.3 Å². The molecule has 0 aliphatic carbocycles. The predicted octanol–water partition coefficient (Wildman–Crippen LogP) is 2.23. The highest BCUT2D eigenvalue weighted by Gasteiger charge is 2.24. The van der Waals surface area contributed by atoms with Crippen LogP contribution in [0.2, 0.25) is 0 Å². The number of guanidine groups is 1. The molecular weight excluding hydrogens is 365 g/mol. The van der Waals surface area contributed by atoms with Crippen LogP contribution in [0.4, 0.5) is 14.9 Å². The van der Waals surface area contributed by atoms with E-state index in [0.717, 1.165) is 0 Å². The van der Waals surface area contributed by atoms with Crippen molar-refractivity contribution < 1.29 is 18.7 Å². The van der Waals surface area contributed by atoms with Crippen molar-refractivity contribution >= 4 is 23.6 Å². The summed E-state index contributed by atoms with van der Waals surface area (Å²) in [6.07, 6.45) is -0.513. The Morgan fingerprint density at radius 3 is 2.21 bits per heavy atom. The molecule has 9 heteroatoms. The molecule has 1 aromatic rings. The van der Waals surface area contributed by atoms with Crippen molar-refractivity contribution in [2.75, 3.05) is 25.5 Å². The minimum Gasteiger partial charge on any atom is -0.444 e. The molecule has 0 saturated heterocycles. The monoisotopic (exact) mass is 395 g/mol. The van der Waals surface area contributed by atoms with Gasteiger partial charge < -0.3 is 26.0 Å². The van der Waals surface area contributed by atoms with Gasteiger partial charge in [0.15, 0.2) is 5.96 Å². The molecule has 1 aromatic carbocycles. The molecule has 2 amide bonds. The summed E-state index contributed by atoms with van der Waals surface area (Å²) in [7, 11) is 1.57. The highest BCUT2D eigenvalue weighted by atomic mass is 19.1. The first-order chi connectivity index (χ1) is 12.9. The van der Waals surface area contributed by atoms with Crippen molar-refractivity contribution in [3.05, 3.63) is 30.1 Å². The molecule has 0 radical (unpaired) electrons. The summed E-state index contributed by atoms with van der Waals surface area (Å²) < 4.78 is 18.1. The van der Waals surface area contributed by atoms with Crippen molar-refractivity contribution in [3.63, 3.8) is 0 Å². The van der Waals surface area contributed by atoms with Gasteiger partial charge in [-0.1, -0.05) is 0 Å². The molecule has 0 fully saturated rings. The van der Waals surface area contributed by atoms with Gasteiger partial charge in [-0.15, -0.1) is 0 Å². The topological polar surface area (TPSA) is 104 Å². The Bertz CT molecular complexity index is 697. The van der Waals surface area contributed by atoms with Crippen LogP contribution < -0.4 is 21.3 Å². The molecule has 8 nitrogen and oxygen atoms in total. The largest absolute Gasteiger partial charge is 0.444 e. The lowest BCUT2D eigenvalue weighted by Crippen LogP contribution is -2.54. The summed E-state index contributed by atoms with van der Waals surface area (Å²) in [5.74, 6) is -0.280. The van der Waals surface area contributed by atoms with E-state index >= 15 is 0 Å². The van der Waals surface area contributed by atoms with E-state index in [1.54, 1.807) is 27.8 Å². The number of alkyl carbamates (subject to hydrolysis) is 1. The fourth-order valence-corrected chi connectivity index (χ4v) is 2.05. The van der Waals surface area contributed by atoms with Crippen LogP contribution in [0, 0.1) is 5.82 Å². The number of carbonyl (C=O) groups excluding carboxylic acids is 2. The fraction of sp³-hybridized carbons (Fsp3) is 0.526. The van der Waals surface area contributed by atoms with Gasteiger partial charge in [-0.05, 0) is 58.9 Å². The van der Waals surface area contributed by atoms with Crippen LogP contribution in [0.5, 0.6) is 0 Å². The number of halogens is 1. The summed E-state index contributed by atoms with van der Waals surface area (Å²) in [5.41, 5.74) is -0.696. The standard InChI is InChI=1S/C19H30FN5O3/c1-18(2,3)28-17(27)25-19(4,5)12-23-16(21-6)22-11-15(26)24-14-9-7-13(20)8-10-14/h7-10H,11-12H2,1-6H3,(H,24,26)(H,25,27)(H2,21,22,23). The van der Waals surface area contributed by atoms with Crippen LogP contribution in [0.1, 0.15) is 34.6 Å². The van der Waals surface area contributed by atoms with E-state index in [9.17, 15) is 14.0 Å². The second kappa shape index (κ2) is 9.91. The summed E-state index contributed by atoms with van der Waals surface area (Å²) in [6, 6.07) is 5.49. The number of hydrogen-bond acceptors (Lipinski definition) is 4. The first-order valence-electron chi connectivity index (χ1n) is 8.91. The maximum absolute atomic E-state index is 12.9. The van der Waals surface area contributed by atoms with E-state index in [2.05, 4.69) is 26.3 Å². The van der Waals surface area contributed by atoms with E-state index in [-0.39, 0.29) is 18.3 Å². The molecule has 156 valence electrons. The molecule has 0 saturated carbocycles. The number of anilines is 1. The molecule has 0 aromatic heterocycles. The van der Waals surface area contributed by atoms with E-state index in [1.807, 2.05) is 13.8 Å². The molecular formula is C19H30FN5O3. The summed E-state index contributed by atoms with van der Waals surface area (Å²) in [6.45, 7) is 9.36. The third kappa shape index (κ3) is 9.75. The third-order valence-corrected chi connectivity index (χ3v) is 3.31. The van der Waals surface area contributed by atoms with Crippen LogP contribution in [0.15, 0.2) is 29.3 Å². The maximum atomic E-state index is 12.9. The van der Waals surface area contributed by atoms with Gasteiger partial charge in [0.2, 0.25) is 5.91 Å². The molecule has 28 heavy (non-hydrogen) atoms. The fourth-order valence-electron chi connectivity index (χ4n) is 2.05. The third-order valence-electron chi connectivity index (χ3n) is 3.31. The van der Waals surface area contributed by atoms with Gasteiger partial charge in [-0.25, -0.2) is 9.18 Å². The van der Waals surface area contributed by atoms with Crippen molar-refractivity contribution in [2.45, 2.75) is 45.8 Å². The Morgan fingerprint density at radius 2 is 1.68 bits per heavy atom. The summed E-state index contributed by atoms with van der Waals surface area (Å²) in [5, 5.41) is 11.3. The number of hydrogen-bond donors (Lipinski definition) is 4. The molecule has 0 unspecified atom stereocenters. The lowest BCUT2D eigenvalue weighted by atomic mass is 10.1.